The maximum absolute atomic E-state index is 12.9. The van der Waals surface area contributed by atoms with Crippen LogP contribution in [0.15, 0.2) is 47.4 Å². The van der Waals surface area contributed by atoms with Gasteiger partial charge in [0.1, 0.15) is 5.82 Å². The molecule has 3 aromatic rings. The van der Waals surface area contributed by atoms with E-state index in [1.165, 1.54) is 4.31 Å². The predicted molar refractivity (Wildman–Crippen MR) is 122 cm³/mol. The molecule has 2 aromatic carbocycles. The number of carbonyl (C=O) groups excluding carboxylic acids is 1. The Morgan fingerprint density at radius 1 is 1.22 bits per heavy atom. The van der Waals surface area contributed by atoms with Crippen LogP contribution in [-0.2, 0) is 33.0 Å². The van der Waals surface area contributed by atoms with Gasteiger partial charge in [0.25, 0.3) is 0 Å². The van der Waals surface area contributed by atoms with Crippen molar-refractivity contribution in [2.75, 3.05) is 31.6 Å². The Kier molecular flexibility index (Phi) is 6.28. The summed E-state index contributed by atoms with van der Waals surface area (Å²) in [5, 5.41) is 2.84. The zero-order valence-corrected chi connectivity index (χ0v) is 18.6. The lowest BCUT2D eigenvalue weighted by atomic mass is 10.2. The van der Waals surface area contributed by atoms with E-state index < -0.39 is 10.0 Å². The molecule has 0 spiro atoms. The topological polar surface area (TPSA) is 93.5 Å². The van der Waals surface area contributed by atoms with Crippen LogP contribution in [0.1, 0.15) is 17.8 Å². The van der Waals surface area contributed by atoms with Crippen molar-refractivity contribution in [2.24, 2.45) is 7.05 Å². The van der Waals surface area contributed by atoms with Gasteiger partial charge in [-0.2, -0.15) is 4.31 Å². The molecule has 2 heterocycles. The molecule has 1 aliphatic rings. The number of nitrogens with one attached hydrogen (secondary N) is 1. The first-order chi connectivity index (χ1) is 15.4. The minimum atomic E-state index is -3.60. The van der Waals surface area contributed by atoms with Gasteiger partial charge < -0.3 is 14.6 Å². The number of sulfonamides is 1. The molecule has 1 saturated heterocycles. The van der Waals surface area contributed by atoms with Crippen LogP contribution in [0, 0.1) is 12.3 Å². The van der Waals surface area contributed by atoms with Crippen LogP contribution in [0.3, 0.4) is 0 Å². The highest BCUT2D eigenvalue weighted by atomic mass is 32.2. The number of anilines is 1. The molecule has 0 unspecified atom stereocenters. The first kappa shape index (κ1) is 22.0. The summed E-state index contributed by atoms with van der Waals surface area (Å²) in [6.07, 6.45) is 6.04. The number of benzene rings is 2. The number of fused-ring (bicyclic) bond motifs is 1. The monoisotopic (exact) mass is 452 g/mol. The van der Waals surface area contributed by atoms with Gasteiger partial charge in [-0.15, -0.1) is 6.42 Å². The molecule has 0 aliphatic carbocycles. The summed E-state index contributed by atoms with van der Waals surface area (Å²) in [5.74, 6) is 3.09. The lowest BCUT2D eigenvalue weighted by Crippen LogP contribution is -2.40. The molecule has 4 rings (SSSR count). The summed E-state index contributed by atoms with van der Waals surface area (Å²) in [5.41, 5.74) is 2.73. The number of aryl methyl sites for hydroxylation is 2. The first-order valence-electron chi connectivity index (χ1n) is 10.3. The van der Waals surface area contributed by atoms with Crippen molar-refractivity contribution in [2.45, 2.75) is 17.7 Å². The molecule has 1 fully saturated rings. The van der Waals surface area contributed by atoms with E-state index in [1.807, 2.05) is 11.6 Å². The number of hydrogen-bond acceptors (Lipinski definition) is 5. The van der Waals surface area contributed by atoms with E-state index in [2.05, 4.69) is 16.2 Å². The number of nitrogens with zero attached hydrogens (tertiary/aromatic N) is 3. The number of amides is 1. The van der Waals surface area contributed by atoms with Crippen LogP contribution in [0.5, 0.6) is 0 Å². The Morgan fingerprint density at radius 2 is 2.00 bits per heavy atom. The third-order valence-electron chi connectivity index (χ3n) is 5.44. The quantitative estimate of drug-likeness (QED) is 0.579. The SMILES string of the molecule is C#Cc1cccc(NC(=O)CCc2nc3cc(S(=O)(=O)N4CCOCC4)ccc3n2C)c1. The minimum absolute atomic E-state index is 0.151. The molecule has 0 atom stereocenters. The van der Waals surface area contributed by atoms with Gasteiger partial charge in [-0.25, -0.2) is 13.4 Å². The molecule has 166 valence electrons. The highest BCUT2D eigenvalue weighted by molar-refractivity contribution is 7.89. The minimum Gasteiger partial charge on any atom is -0.379 e. The molecule has 0 saturated carbocycles. The van der Waals surface area contributed by atoms with E-state index >= 15 is 0 Å². The first-order valence-corrected chi connectivity index (χ1v) is 11.7. The standard InChI is InChI=1S/C23H24N4O4S/c1-3-17-5-4-6-18(15-17)24-23(28)10-9-22-25-20-16-19(7-8-21(20)26(22)2)32(29,30)27-11-13-31-14-12-27/h1,4-8,15-16H,9-14H2,2H3,(H,24,28). The zero-order valence-electron chi connectivity index (χ0n) is 17.7. The molecule has 8 nitrogen and oxygen atoms in total. The highest BCUT2D eigenvalue weighted by Gasteiger charge is 2.27. The van der Waals surface area contributed by atoms with E-state index in [9.17, 15) is 13.2 Å². The molecular formula is C23H24N4O4S. The number of aromatic nitrogens is 2. The zero-order chi connectivity index (χ0) is 22.7. The van der Waals surface area contributed by atoms with Gasteiger partial charge in [0.05, 0.1) is 29.1 Å². The second kappa shape index (κ2) is 9.12. The summed E-state index contributed by atoms with van der Waals surface area (Å²) >= 11 is 0. The van der Waals surface area contributed by atoms with Crippen molar-refractivity contribution in [3.05, 3.63) is 53.9 Å². The maximum Gasteiger partial charge on any atom is 0.243 e. The molecule has 0 radical (unpaired) electrons. The van der Waals surface area contributed by atoms with E-state index in [4.69, 9.17) is 11.2 Å². The Balaban J connectivity index is 1.48. The fourth-order valence-corrected chi connectivity index (χ4v) is 5.11. The Morgan fingerprint density at radius 3 is 2.75 bits per heavy atom. The molecule has 1 aromatic heterocycles. The van der Waals surface area contributed by atoms with Crippen LogP contribution in [0.4, 0.5) is 5.69 Å². The van der Waals surface area contributed by atoms with Gasteiger partial charge in [0, 0.05) is 44.2 Å². The molecule has 1 N–H and O–H groups in total. The van der Waals surface area contributed by atoms with Crippen LogP contribution in [0.2, 0.25) is 0 Å². The fourth-order valence-electron chi connectivity index (χ4n) is 3.69. The third kappa shape index (κ3) is 4.53. The Labute approximate surface area is 187 Å². The summed E-state index contributed by atoms with van der Waals surface area (Å²) in [7, 11) is -1.74. The number of rotatable bonds is 6. The highest BCUT2D eigenvalue weighted by Crippen LogP contribution is 2.23. The van der Waals surface area contributed by atoms with Crippen LogP contribution >= 0.6 is 0 Å². The normalized spacial score (nSPS) is 14.9. The van der Waals surface area contributed by atoms with E-state index in [0.717, 1.165) is 5.52 Å². The van der Waals surface area contributed by atoms with E-state index in [-0.39, 0.29) is 17.2 Å². The summed E-state index contributed by atoms with van der Waals surface area (Å²) in [4.78, 5) is 17.2. The molecular weight excluding hydrogens is 428 g/mol. The van der Waals surface area contributed by atoms with Crippen molar-refractivity contribution in [1.82, 2.24) is 13.9 Å². The lowest BCUT2D eigenvalue weighted by Gasteiger charge is -2.26. The number of morpholine rings is 1. The number of carbonyl (C=O) groups is 1. The second-order valence-electron chi connectivity index (χ2n) is 7.53. The summed E-state index contributed by atoms with van der Waals surface area (Å²) in [6.45, 7) is 1.47. The lowest BCUT2D eigenvalue weighted by molar-refractivity contribution is -0.116. The van der Waals surface area contributed by atoms with Crippen LogP contribution < -0.4 is 5.32 Å². The van der Waals surface area contributed by atoms with Gasteiger partial charge in [-0.3, -0.25) is 4.79 Å². The third-order valence-corrected chi connectivity index (χ3v) is 7.34. The van der Waals surface area contributed by atoms with Crippen LogP contribution in [0.25, 0.3) is 11.0 Å². The average Bonchev–Trinajstić information content (AvgIpc) is 3.13. The largest absolute Gasteiger partial charge is 0.379 e. The van der Waals surface area contributed by atoms with Crippen molar-refractivity contribution >= 4 is 32.7 Å². The maximum atomic E-state index is 12.9. The van der Waals surface area contributed by atoms with Gasteiger partial charge in [-0.1, -0.05) is 12.0 Å². The predicted octanol–water partition coefficient (Wildman–Crippen LogP) is 2.15. The van der Waals surface area contributed by atoms with Gasteiger partial charge in [-0.05, 0) is 36.4 Å². The van der Waals surface area contributed by atoms with Gasteiger partial charge >= 0.3 is 0 Å². The average molecular weight is 453 g/mol. The van der Waals surface area contributed by atoms with Crippen molar-refractivity contribution in [3.8, 4) is 12.3 Å². The van der Waals surface area contributed by atoms with Crippen LogP contribution in [-0.4, -0.2) is 54.5 Å². The molecule has 9 heteroatoms. The molecule has 1 aliphatic heterocycles. The fraction of sp³-hybridized carbons (Fsp3) is 0.304. The van der Waals surface area contributed by atoms with Crippen molar-refractivity contribution in [3.63, 3.8) is 0 Å². The molecule has 32 heavy (non-hydrogen) atoms. The van der Waals surface area contributed by atoms with Gasteiger partial charge in [0.15, 0.2) is 0 Å². The number of terminal acetylenes is 1. The Hall–Kier alpha value is -3.19. The number of hydrogen-bond donors (Lipinski definition) is 1. The van der Waals surface area contributed by atoms with E-state index in [1.54, 1.807) is 42.5 Å². The smallest absolute Gasteiger partial charge is 0.243 e. The van der Waals surface area contributed by atoms with Crippen molar-refractivity contribution < 1.29 is 17.9 Å². The number of imidazole rings is 1. The Bertz CT molecular complexity index is 1300. The second-order valence-corrected chi connectivity index (χ2v) is 9.47. The van der Waals surface area contributed by atoms with Crippen molar-refractivity contribution in [1.29, 1.82) is 0 Å². The van der Waals surface area contributed by atoms with Gasteiger partial charge in [0.2, 0.25) is 15.9 Å². The summed E-state index contributed by atoms with van der Waals surface area (Å²) in [6, 6.07) is 12.1. The summed E-state index contributed by atoms with van der Waals surface area (Å²) < 4.78 is 34.4. The molecule has 1 amide bonds. The number of ether oxygens (including phenoxy) is 1. The van der Waals surface area contributed by atoms with E-state index in [0.29, 0.717) is 55.3 Å². The molecule has 0 bridgehead atoms.